The molecule has 29 heavy (non-hydrogen) atoms. The molecule has 1 aromatic rings. The van der Waals surface area contributed by atoms with Crippen LogP contribution in [0.25, 0.3) is 5.57 Å². The highest BCUT2D eigenvalue weighted by atomic mass is 16.5. The highest BCUT2D eigenvalue weighted by molar-refractivity contribution is 5.73. The van der Waals surface area contributed by atoms with Crippen LogP contribution in [0.1, 0.15) is 116 Å². The molecule has 2 rings (SSSR count). The predicted octanol–water partition coefficient (Wildman–Crippen LogP) is 8.50. The van der Waals surface area contributed by atoms with Crippen molar-refractivity contribution in [2.75, 3.05) is 0 Å². The van der Waals surface area contributed by atoms with Gasteiger partial charge in [-0.15, -0.1) is 0 Å². The first kappa shape index (κ1) is 23.7. The van der Waals surface area contributed by atoms with E-state index in [0.29, 0.717) is 12.2 Å². The Labute approximate surface area is 179 Å². The third kappa shape index (κ3) is 9.65. The quantitative estimate of drug-likeness (QED) is 0.178. The number of carbonyl (C=O) groups excluding carboxylic acids is 1. The van der Waals surface area contributed by atoms with Crippen molar-refractivity contribution in [3.63, 3.8) is 0 Å². The summed E-state index contributed by atoms with van der Waals surface area (Å²) in [5.41, 5.74) is 2.74. The Morgan fingerprint density at radius 1 is 0.897 bits per heavy atom. The number of allylic oxidation sites excluding steroid dienone is 2. The molecule has 0 spiro atoms. The van der Waals surface area contributed by atoms with Gasteiger partial charge in [0.1, 0.15) is 5.75 Å². The van der Waals surface area contributed by atoms with Crippen LogP contribution in [0.2, 0.25) is 0 Å². The van der Waals surface area contributed by atoms with Gasteiger partial charge in [0.15, 0.2) is 0 Å². The van der Waals surface area contributed by atoms with E-state index in [1.165, 1.54) is 88.2 Å². The number of esters is 1. The van der Waals surface area contributed by atoms with Gasteiger partial charge in [0.05, 0.1) is 0 Å². The topological polar surface area (TPSA) is 26.3 Å². The summed E-state index contributed by atoms with van der Waals surface area (Å²) in [4.78, 5) is 11.9. The van der Waals surface area contributed by atoms with Gasteiger partial charge in [-0.25, -0.2) is 0 Å². The molecule has 0 saturated heterocycles. The predicted molar refractivity (Wildman–Crippen MR) is 124 cm³/mol. The lowest BCUT2D eigenvalue weighted by Crippen LogP contribution is -2.08. The maximum atomic E-state index is 11.9. The van der Waals surface area contributed by atoms with Crippen molar-refractivity contribution < 1.29 is 9.53 Å². The average molecular weight is 399 g/mol. The fraction of sp³-hybridized carbons (Fsp3) is 0.667. The Balaban J connectivity index is 1.69. The first-order chi connectivity index (χ1) is 14.2. The van der Waals surface area contributed by atoms with Crippen LogP contribution in [0.15, 0.2) is 30.3 Å². The van der Waals surface area contributed by atoms with E-state index in [2.05, 4.69) is 32.1 Å². The van der Waals surface area contributed by atoms with E-state index in [1.54, 1.807) is 0 Å². The second-order valence-corrected chi connectivity index (χ2v) is 8.74. The summed E-state index contributed by atoms with van der Waals surface area (Å²) in [6.07, 6.45) is 20.8. The lowest BCUT2D eigenvalue weighted by molar-refractivity contribution is -0.134. The molecule has 0 N–H and O–H groups in total. The van der Waals surface area contributed by atoms with Gasteiger partial charge in [-0.05, 0) is 54.9 Å². The molecule has 2 nitrogen and oxygen atoms in total. The van der Waals surface area contributed by atoms with Crippen LogP contribution in [0.3, 0.4) is 0 Å². The zero-order valence-electron chi connectivity index (χ0n) is 18.9. The summed E-state index contributed by atoms with van der Waals surface area (Å²) < 4.78 is 5.47. The van der Waals surface area contributed by atoms with Crippen molar-refractivity contribution in [1.29, 1.82) is 0 Å². The third-order valence-corrected chi connectivity index (χ3v) is 6.18. The zero-order valence-corrected chi connectivity index (χ0v) is 18.9. The fourth-order valence-corrected chi connectivity index (χ4v) is 4.24. The number of rotatable bonds is 14. The standard InChI is InChI=1S/C27H42O2/c1-3-5-7-9-10-11-13-23-15-17-24(18-16-23)25-19-21-26(22-20-25)29-27(28)14-12-8-6-4-2/h17,19-23H,3-16,18H2,1-2H3. The Bertz CT molecular complexity index is 599. The molecule has 1 atom stereocenters. The van der Waals surface area contributed by atoms with E-state index >= 15 is 0 Å². The van der Waals surface area contributed by atoms with Crippen LogP contribution in [0.5, 0.6) is 5.75 Å². The number of benzene rings is 1. The SMILES string of the molecule is CCCCCCCCC1CC=C(c2ccc(OC(=O)CCCCCC)cc2)CC1. The molecule has 0 saturated carbocycles. The minimum atomic E-state index is -0.108. The molecule has 1 aliphatic carbocycles. The summed E-state index contributed by atoms with van der Waals surface area (Å²) >= 11 is 0. The van der Waals surface area contributed by atoms with Crippen LogP contribution in [0, 0.1) is 5.92 Å². The van der Waals surface area contributed by atoms with Crippen molar-refractivity contribution in [3.8, 4) is 5.75 Å². The van der Waals surface area contributed by atoms with Gasteiger partial charge in [-0.2, -0.15) is 0 Å². The lowest BCUT2D eigenvalue weighted by atomic mass is 9.84. The van der Waals surface area contributed by atoms with Crippen molar-refractivity contribution in [2.24, 2.45) is 5.92 Å². The molecule has 1 aliphatic rings. The maximum Gasteiger partial charge on any atom is 0.311 e. The van der Waals surface area contributed by atoms with Gasteiger partial charge in [-0.3, -0.25) is 4.79 Å². The monoisotopic (exact) mass is 398 g/mol. The van der Waals surface area contributed by atoms with Gasteiger partial charge in [0.25, 0.3) is 0 Å². The number of hydrogen-bond donors (Lipinski definition) is 0. The second kappa shape index (κ2) is 14.4. The Morgan fingerprint density at radius 3 is 2.21 bits per heavy atom. The summed E-state index contributed by atoms with van der Waals surface area (Å²) in [7, 11) is 0. The second-order valence-electron chi connectivity index (χ2n) is 8.74. The first-order valence-corrected chi connectivity index (χ1v) is 12.2. The van der Waals surface area contributed by atoms with Gasteiger partial charge < -0.3 is 4.74 Å². The molecule has 162 valence electrons. The molecule has 1 aromatic carbocycles. The van der Waals surface area contributed by atoms with Crippen LogP contribution in [-0.4, -0.2) is 5.97 Å². The molecule has 2 heteroatoms. The Kier molecular flexibility index (Phi) is 11.8. The minimum absolute atomic E-state index is 0.108. The van der Waals surface area contributed by atoms with E-state index in [1.807, 2.05) is 12.1 Å². The minimum Gasteiger partial charge on any atom is -0.427 e. The maximum absolute atomic E-state index is 11.9. The van der Waals surface area contributed by atoms with Crippen LogP contribution < -0.4 is 4.74 Å². The number of unbranched alkanes of at least 4 members (excludes halogenated alkanes) is 8. The molecular weight excluding hydrogens is 356 g/mol. The van der Waals surface area contributed by atoms with Crippen molar-refractivity contribution in [1.82, 2.24) is 0 Å². The first-order valence-electron chi connectivity index (χ1n) is 12.2. The number of hydrogen-bond acceptors (Lipinski definition) is 2. The summed E-state index contributed by atoms with van der Waals surface area (Å²) in [6.45, 7) is 4.46. The summed E-state index contributed by atoms with van der Waals surface area (Å²) in [5, 5.41) is 0. The van der Waals surface area contributed by atoms with E-state index in [-0.39, 0.29) is 5.97 Å². The van der Waals surface area contributed by atoms with Crippen LogP contribution in [-0.2, 0) is 4.79 Å². The molecule has 0 aliphatic heterocycles. The average Bonchev–Trinajstić information content (AvgIpc) is 2.75. The van der Waals surface area contributed by atoms with Crippen molar-refractivity contribution >= 4 is 11.5 Å². The van der Waals surface area contributed by atoms with Gasteiger partial charge in [0.2, 0.25) is 0 Å². The smallest absolute Gasteiger partial charge is 0.311 e. The molecule has 0 aromatic heterocycles. The van der Waals surface area contributed by atoms with E-state index in [0.717, 1.165) is 18.8 Å². The van der Waals surface area contributed by atoms with E-state index in [9.17, 15) is 4.79 Å². The molecule has 0 radical (unpaired) electrons. The Morgan fingerprint density at radius 2 is 1.55 bits per heavy atom. The number of ether oxygens (including phenoxy) is 1. The molecule has 0 heterocycles. The van der Waals surface area contributed by atoms with E-state index < -0.39 is 0 Å². The normalized spacial score (nSPS) is 16.5. The molecule has 1 unspecified atom stereocenters. The molecule has 0 amide bonds. The summed E-state index contributed by atoms with van der Waals surface area (Å²) in [6, 6.07) is 8.12. The zero-order chi connectivity index (χ0) is 20.7. The molecular formula is C27H42O2. The molecule has 0 fully saturated rings. The van der Waals surface area contributed by atoms with Crippen LogP contribution >= 0.6 is 0 Å². The van der Waals surface area contributed by atoms with Crippen LogP contribution in [0.4, 0.5) is 0 Å². The molecule has 0 bridgehead atoms. The number of carbonyl (C=O) groups is 1. The van der Waals surface area contributed by atoms with E-state index in [4.69, 9.17) is 4.74 Å². The van der Waals surface area contributed by atoms with Gasteiger partial charge >= 0.3 is 5.97 Å². The third-order valence-electron chi connectivity index (χ3n) is 6.18. The fourth-order valence-electron chi connectivity index (χ4n) is 4.24. The summed E-state index contributed by atoms with van der Waals surface area (Å²) in [5.74, 6) is 1.44. The Hall–Kier alpha value is -1.57. The largest absolute Gasteiger partial charge is 0.427 e. The van der Waals surface area contributed by atoms with Crippen molar-refractivity contribution in [2.45, 2.75) is 110 Å². The highest BCUT2D eigenvalue weighted by Gasteiger charge is 2.15. The lowest BCUT2D eigenvalue weighted by Gasteiger charge is -2.22. The highest BCUT2D eigenvalue weighted by Crippen LogP contribution is 2.33. The van der Waals surface area contributed by atoms with Gasteiger partial charge in [0, 0.05) is 6.42 Å². The van der Waals surface area contributed by atoms with Crippen molar-refractivity contribution in [3.05, 3.63) is 35.9 Å². The van der Waals surface area contributed by atoms with Gasteiger partial charge in [-0.1, -0.05) is 96.3 Å².